The number of fused-ring (bicyclic) bond motifs is 3. The van der Waals surface area contributed by atoms with Gasteiger partial charge in [-0.05, 0) is 38.8 Å². The Morgan fingerprint density at radius 3 is 2.95 bits per heavy atom. The minimum Gasteiger partial charge on any atom is -0.454 e. The van der Waals surface area contributed by atoms with Gasteiger partial charge >= 0.3 is 0 Å². The molecule has 0 N–H and O–H groups in total. The van der Waals surface area contributed by atoms with Crippen LogP contribution < -0.4 is 15.0 Å². The summed E-state index contributed by atoms with van der Waals surface area (Å²) in [5.74, 6) is 1.28. The predicted molar refractivity (Wildman–Crippen MR) is 80.4 cm³/mol. The van der Waals surface area contributed by atoms with Crippen molar-refractivity contribution < 1.29 is 14.2 Å². The average Bonchev–Trinajstić information content (AvgIpc) is 2.95. The lowest BCUT2D eigenvalue weighted by atomic mass is 9.94. The van der Waals surface area contributed by atoms with Gasteiger partial charge in [0.2, 0.25) is 6.79 Å². The Bertz CT molecular complexity index is 797. The van der Waals surface area contributed by atoms with Crippen molar-refractivity contribution in [2.45, 2.75) is 38.3 Å². The van der Waals surface area contributed by atoms with Gasteiger partial charge in [0, 0.05) is 6.61 Å². The number of aromatic nitrogens is 2. The first kappa shape index (κ1) is 13.6. The molecule has 6 nitrogen and oxygen atoms in total. The second-order valence-electron chi connectivity index (χ2n) is 6.41. The van der Waals surface area contributed by atoms with Crippen LogP contribution in [0.25, 0.3) is 10.8 Å². The molecule has 2 aliphatic heterocycles. The first-order chi connectivity index (χ1) is 10.6. The molecule has 1 fully saturated rings. The van der Waals surface area contributed by atoms with E-state index in [1.165, 1.54) is 0 Å². The van der Waals surface area contributed by atoms with Gasteiger partial charge in [-0.3, -0.25) is 4.79 Å². The van der Waals surface area contributed by atoms with Gasteiger partial charge in [-0.15, -0.1) is 0 Å². The number of rotatable bonds is 1. The van der Waals surface area contributed by atoms with E-state index >= 15 is 0 Å². The Morgan fingerprint density at radius 2 is 2.14 bits per heavy atom. The molecule has 0 amide bonds. The minimum atomic E-state index is -0.228. The first-order valence-electron chi connectivity index (χ1n) is 7.49. The van der Waals surface area contributed by atoms with Crippen LogP contribution in [0.2, 0.25) is 0 Å². The quantitative estimate of drug-likeness (QED) is 0.808. The summed E-state index contributed by atoms with van der Waals surface area (Å²) in [5.41, 5.74) is -0.313. The van der Waals surface area contributed by atoms with Crippen LogP contribution in [0, 0.1) is 0 Å². The normalized spacial score (nSPS) is 22.9. The summed E-state index contributed by atoms with van der Waals surface area (Å²) < 4.78 is 18.1. The molecule has 1 unspecified atom stereocenters. The summed E-state index contributed by atoms with van der Waals surface area (Å²) in [6.07, 6.45) is 3.27. The van der Waals surface area contributed by atoms with Crippen molar-refractivity contribution >= 4 is 10.8 Å². The molecule has 0 aliphatic carbocycles. The molecule has 116 valence electrons. The smallest absolute Gasteiger partial charge is 0.275 e. The van der Waals surface area contributed by atoms with Gasteiger partial charge in [-0.1, -0.05) is 0 Å². The van der Waals surface area contributed by atoms with E-state index in [-0.39, 0.29) is 24.0 Å². The minimum absolute atomic E-state index is 0.0612. The Morgan fingerprint density at radius 1 is 1.27 bits per heavy atom. The third-order valence-corrected chi connectivity index (χ3v) is 4.34. The second kappa shape index (κ2) is 4.71. The van der Waals surface area contributed by atoms with Crippen LogP contribution in [0.3, 0.4) is 0 Å². The maximum atomic E-state index is 12.8. The molecule has 1 atom stereocenters. The second-order valence-corrected chi connectivity index (χ2v) is 6.41. The summed E-state index contributed by atoms with van der Waals surface area (Å²) in [6.45, 7) is 4.92. The largest absolute Gasteiger partial charge is 0.454 e. The highest BCUT2D eigenvalue weighted by molar-refractivity contribution is 5.89. The van der Waals surface area contributed by atoms with Gasteiger partial charge in [0.05, 0.1) is 28.6 Å². The summed E-state index contributed by atoms with van der Waals surface area (Å²) in [4.78, 5) is 12.8. The Balaban J connectivity index is 1.82. The van der Waals surface area contributed by atoms with Gasteiger partial charge in [-0.25, -0.2) is 4.68 Å². The molecule has 0 saturated carbocycles. The fourth-order valence-electron chi connectivity index (χ4n) is 3.27. The standard InChI is InChI=1S/C16H18N2O4/c1-16(2)7-10(5-6-22-16)18-15(19)11-3-4-13-14(21-9-20-13)12(11)8-17-18/h3-4,8,10H,5-7,9H2,1-2H3. The van der Waals surface area contributed by atoms with Crippen LogP contribution >= 0.6 is 0 Å². The van der Waals surface area contributed by atoms with E-state index in [2.05, 4.69) is 5.10 Å². The monoisotopic (exact) mass is 302 g/mol. The third kappa shape index (κ3) is 2.06. The zero-order valence-corrected chi connectivity index (χ0v) is 12.7. The molecule has 1 aromatic carbocycles. The molecule has 3 heterocycles. The van der Waals surface area contributed by atoms with Crippen molar-refractivity contribution in [1.29, 1.82) is 0 Å². The Kier molecular flexibility index (Phi) is 2.91. The van der Waals surface area contributed by atoms with Gasteiger partial charge < -0.3 is 14.2 Å². The number of ether oxygens (including phenoxy) is 3. The van der Waals surface area contributed by atoms with E-state index in [0.717, 1.165) is 12.8 Å². The molecular weight excluding hydrogens is 284 g/mol. The van der Waals surface area contributed by atoms with E-state index in [9.17, 15) is 4.79 Å². The number of hydrogen-bond acceptors (Lipinski definition) is 5. The number of benzene rings is 1. The van der Waals surface area contributed by atoms with Gasteiger partial charge in [0.25, 0.3) is 5.56 Å². The summed E-state index contributed by atoms with van der Waals surface area (Å²) in [5, 5.41) is 5.71. The summed E-state index contributed by atoms with van der Waals surface area (Å²) in [7, 11) is 0. The highest BCUT2D eigenvalue weighted by Crippen LogP contribution is 2.38. The van der Waals surface area contributed by atoms with E-state index in [1.807, 2.05) is 13.8 Å². The van der Waals surface area contributed by atoms with Crippen molar-refractivity contribution in [3.8, 4) is 11.5 Å². The molecule has 2 aliphatic rings. The fourth-order valence-corrected chi connectivity index (χ4v) is 3.27. The van der Waals surface area contributed by atoms with Crippen molar-refractivity contribution in [2.24, 2.45) is 0 Å². The SMILES string of the molecule is CC1(C)CC(n2ncc3c4c(ccc3c2=O)OCO4)CCO1. The maximum absolute atomic E-state index is 12.8. The van der Waals surface area contributed by atoms with Gasteiger partial charge in [0.15, 0.2) is 11.5 Å². The predicted octanol–water partition coefficient (Wildman–Crippen LogP) is 2.26. The van der Waals surface area contributed by atoms with E-state index in [0.29, 0.717) is 28.9 Å². The average molecular weight is 302 g/mol. The fraction of sp³-hybridized carbons (Fsp3) is 0.500. The van der Waals surface area contributed by atoms with Crippen molar-refractivity contribution in [2.75, 3.05) is 13.4 Å². The Hall–Kier alpha value is -2.08. The molecule has 0 radical (unpaired) electrons. The van der Waals surface area contributed by atoms with Crippen LogP contribution in [-0.4, -0.2) is 28.8 Å². The van der Waals surface area contributed by atoms with Gasteiger partial charge in [-0.2, -0.15) is 5.10 Å². The van der Waals surface area contributed by atoms with E-state index in [4.69, 9.17) is 14.2 Å². The molecule has 2 aromatic rings. The molecule has 0 bridgehead atoms. The molecule has 1 saturated heterocycles. The van der Waals surface area contributed by atoms with Crippen LogP contribution in [0.15, 0.2) is 23.1 Å². The summed E-state index contributed by atoms with van der Waals surface area (Å²) >= 11 is 0. The van der Waals surface area contributed by atoms with Crippen molar-refractivity contribution in [1.82, 2.24) is 9.78 Å². The topological polar surface area (TPSA) is 62.6 Å². The molecule has 6 heteroatoms. The lowest BCUT2D eigenvalue weighted by molar-refractivity contribution is -0.0714. The van der Waals surface area contributed by atoms with Crippen molar-refractivity contribution in [3.63, 3.8) is 0 Å². The number of nitrogens with zero attached hydrogens (tertiary/aromatic N) is 2. The van der Waals surface area contributed by atoms with Crippen LogP contribution in [0.4, 0.5) is 0 Å². The van der Waals surface area contributed by atoms with Crippen LogP contribution in [-0.2, 0) is 4.74 Å². The zero-order valence-electron chi connectivity index (χ0n) is 12.7. The highest BCUT2D eigenvalue weighted by Gasteiger charge is 2.31. The molecule has 4 rings (SSSR count). The van der Waals surface area contributed by atoms with E-state index in [1.54, 1.807) is 23.0 Å². The van der Waals surface area contributed by atoms with Crippen molar-refractivity contribution in [3.05, 3.63) is 28.7 Å². The highest BCUT2D eigenvalue weighted by atomic mass is 16.7. The third-order valence-electron chi connectivity index (χ3n) is 4.34. The Labute approximate surface area is 127 Å². The molecule has 1 aromatic heterocycles. The molecule has 0 spiro atoms. The van der Waals surface area contributed by atoms with Gasteiger partial charge in [0.1, 0.15) is 0 Å². The summed E-state index contributed by atoms with van der Waals surface area (Å²) in [6, 6.07) is 3.63. The van der Waals surface area contributed by atoms with Crippen LogP contribution in [0.1, 0.15) is 32.7 Å². The maximum Gasteiger partial charge on any atom is 0.275 e. The van der Waals surface area contributed by atoms with E-state index < -0.39 is 0 Å². The molecular formula is C16H18N2O4. The molecule has 22 heavy (non-hydrogen) atoms. The number of hydrogen-bond donors (Lipinski definition) is 0. The first-order valence-corrected chi connectivity index (χ1v) is 7.49. The lowest BCUT2D eigenvalue weighted by Crippen LogP contribution is -2.39. The zero-order chi connectivity index (χ0) is 15.3. The lowest BCUT2D eigenvalue weighted by Gasteiger charge is -2.35. The van der Waals surface area contributed by atoms with Crippen LogP contribution in [0.5, 0.6) is 11.5 Å².